The lowest BCUT2D eigenvalue weighted by Crippen LogP contribution is -2.43. The first-order chi connectivity index (χ1) is 10.9. The molecule has 2 heterocycles. The van der Waals surface area contributed by atoms with Crippen LogP contribution in [-0.2, 0) is 22.7 Å². The van der Waals surface area contributed by atoms with E-state index in [0.717, 1.165) is 0 Å². The molecule has 6 heteroatoms. The van der Waals surface area contributed by atoms with Crippen LogP contribution in [0.25, 0.3) is 0 Å². The van der Waals surface area contributed by atoms with Crippen molar-refractivity contribution in [2.24, 2.45) is 5.41 Å². The van der Waals surface area contributed by atoms with E-state index in [0.29, 0.717) is 24.6 Å². The molecule has 0 radical (unpaired) electrons. The fraction of sp³-hybridized carbons (Fsp3) is 0.412. The van der Waals surface area contributed by atoms with Crippen LogP contribution in [0.3, 0.4) is 0 Å². The average molecular weight is 318 g/mol. The Morgan fingerprint density at radius 3 is 1.96 bits per heavy atom. The summed E-state index contributed by atoms with van der Waals surface area (Å²) in [5.41, 5.74) is -0.535. The summed E-state index contributed by atoms with van der Waals surface area (Å²) in [7, 11) is 0. The molecule has 2 aromatic heterocycles. The van der Waals surface area contributed by atoms with Crippen LogP contribution in [0.4, 0.5) is 0 Å². The molecular formula is C17H22N2O4. The van der Waals surface area contributed by atoms with Crippen LogP contribution in [-0.4, -0.2) is 23.3 Å². The third-order valence-corrected chi connectivity index (χ3v) is 3.29. The van der Waals surface area contributed by atoms with E-state index in [2.05, 4.69) is 5.32 Å². The lowest BCUT2D eigenvalue weighted by molar-refractivity contribution is -0.136. The number of nitrogens with zero attached hydrogens (tertiary/aromatic N) is 1. The van der Waals surface area contributed by atoms with Crippen LogP contribution >= 0.6 is 0 Å². The first-order valence-electron chi connectivity index (χ1n) is 7.47. The second-order valence-electron chi connectivity index (χ2n) is 6.34. The Labute approximate surface area is 135 Å². The van der Waals surface area contributed by atoms with Gasteiger partial charge in [0.25, 0.3) is 0 Å². The SMILES string of the molecule is CC(C)(C)C(=O)NCC(=O)N(Cc1ccco1)Cc1ccco1. The van der Waals surface area contributed by atoms with Gasteiger partial charge in [0.1, 0.15) is 11.5 Å². The van der Waals surface area contributed by atoms with Gasteiger partial charge in [0.2, 0.25) is 11.8 Å². The fourth-order valence-electron chi connectivity index (χ4n) is 1.95. The van der Waals surface area contributed by atoms with Gasteiger partial charge in [0.15, 0.2) is 0 Å². The topological polar surface area (TPSA) is 75.7 Å². The van der Waals surface area contributed by atoms with Gasteiger partial charge < -0.3 is 19.1 Å². The van der Waals surface area contributed by atoms with Crippen LogP contribution in [0, 0.1) is 5.41 Å². The summed E-state index contributed by atoms with van der Waals surface area (Å²) in [4.78, 5) is 25.9. The van der Waals surface area contributed by atoms with Gasteiger partial charge in [-0.05, 0) is 24.3 Å². The van der Waals surface area contributed by atoms with Gasteiger partial charge in [-0.1, -0.05) is 20.8 Å². The Morgan fingerprint density at radius 2 is 1.57 bits per heavy atom. The number of nitrogens with one attached hydrogen (secondary N) is 1. The van der Waals surface area contributed by atoms with Crippen LogP contribution in [0.15, 0.2) is 45.6 Å². The highest BCUT2D eigenvalue weighted by molar-refractivity contribution is 5.87. The zero-order chi connectivity index (χ0) is 16.9. The molecule has 0 saturated heterocycles. The van der Waals surface area contributed by atoms with Crippen LogP contribution in [0.1, 0.15) is 32.3 Å². The van der Waals surface area contributed by atoms with Gasteiger partial charge in [-0.3, -0.25) is 9.59 Å². The predicted octanol–water partition coefficient (Wildman–Crippen LogP) is 2.56. The highest BCUT2D eigenvalue weighted by atomic mass is 16.3. The van der Waals surface area contributed by atoms with E-state index in [1.54, 1.807) is 62.5 Å². The molecule has 0 unspecified atom stereocenters. The molecule has 0 spiro atoms. The normalized spacial score (nSPS) is 11.3. The van der Waals surface area contributed by atoms with E-state index >= 15 is 0 Å². The molecule has 124 valence electrons. The maximum atomic E-state index is 12.5. The number of carbonyl (C=O) groups excluding carboxylic acids is 2. The van der Waals surface area contributed by atoms with Crippen molar-refractivity contribution in [2.75, 3.05) is 6.54 Å². The first kappa shape index (κ1) is 16.9. The summed E-state index contributed by atoms with van der Waals surface area (Å²) < 4.78 is 10.6. The Kier molecular flexibility index (Phi) is 5.26. The number of amides is 2. The number of rotatable bonds is 6. The van der Waals surface area contributed by atoms with Gasteiger partial charge in [-0.2, -0.15) is 0 Å². The van der Waals surface area contributed by atoms with Crippen molar-refractivity contribution in [3.05, 3.63) is 48.3 Å². The summed E-state index contributed by atoms with van der Waals surface area (Å²) in [5.74, 6) is 0.983. The first-order valence-corrected chi connectivity index (χ1v) is 7.47. The molecule has 0 atom stereocenters. The lowest BCUT2D eigenvalue weighted by atomic mass is 9.96. The van der Waals surface area contributed by atoms with Crippen molar-refractivity contribution in [3.63, 3.8) is 0 Å². The van der Waals surface area contributed by atoms with E-state index in [4.69, 9.17) is 8.83 Å². The molecule has 0 bridgehead atoms. The molecule has 23 heavy (non-hydrogen) atoms. The lowest BCUT2D eigenvalue weighted by Gasteiger charge is -2.22. The summed E-state index contributed by atoms with van der Waals surface area (Å²) in [6, 6.07) is 7.14. The summed E-state index contributed by atoms with van der Waals surface area (Å²) >= 11 is 0. The standard InChI is InChI=1S/C17H22N2O4/c1-17(2,3)16(21)18-10-15(20)19(11-13-6-4-8-22-13)12-14-7-5-9-23-14/h4-9H,10-12H2,1-3H3,(H,18,21). The Bertz CT molecular complexity index is 588. The zero-order valence-corrected chi connectivity index (χ0v) is 13.7. The van der Waals surface area contributed by atoms with Crippen molar-refractivity contribution < 1.29 is 18.4 Å². The number of furan rings is 2. The second kappa shape index (κ2) is 7.17. The van der Waals surface area contributed by atoms with Crippen LogP contribution < -0.4 is 5.32 Å². The number of hydrogen-bond acceptors (Lipinski definition) is 4. The molecular weight excluding hydrogens is 296 g/mol. The molecule has 0 saturated carbocycles. The number of carbonyl (C=O) groups is 2. The molecule has 0 aliphatic rings. The monoisotopic (exact) mass is 318 g/mol. The Hall–Kier alpha value is -2.50. The summed E-state index contributed by atoms with van der Waals surface area (Å²) in [6.45, 7) is 5.98. The molecule has 2 rings (SSSR count). The Balaban J connectivity index is 2.00. The molecule has 2 aromatic rings. The van der Waals surface area contributed by atoms with Crippen LogP contribution in [0.5, 0.6) is 0 Å². The van der Waals surface area contributed by atoms with Gasteiger partial charge >= 0.3 is 0 Å². The van der Waals surface area contributed by atoms with Gasteiger partial charge in [0.05, 0.1) is 32.2 Å². The molecule has 0 aromatic carbocycles. The van der Waals surface area contributed by atoms with Crippen molar-refractivity contribution in [2.45, 2.75) is 33.9 Å². The second-order valence-corrected chi connectivity index (χ2v) is 6.34. The van der Waals surface area contributed by atoms with E-state index in [1.807, 2.05) is 0 Å². The average Bonchev–Trinajstić information content (AvgIpc) is 3.16. The molecule has 2 amide bonds. The minimum atomic E-state index is -0.535. The summed E-state index contributed by atoms with van der Waals surface area (Å²) in [6.07, 6.45) is 3.12. The molecule has 0 fully saturated rings. The fourth-order valence-corrected chi connectivity index (χ4v) is 1.95. The molecule has 1 N–H and O–H groups in total. The van der Waals surface area contributed by atoms with Gasteiger partial charge in [-0.15, -0.1) is 0 Å². The van der Waals surface area contributed by atoms with E-state index < -0.39 is 5.41 Å². The highest BCUT2D eigenvalue weighted by Gasteiger charge is 2.23. The van der Waals surface area contributed by atoms with E-state index in [1.165, 1.54) is 0 Å². The van der Waals surface area contributed by atoms with Crippen molar-refractivity contribution in [1.29, 1.82) is 0 Å². The van der Waals surface area contributed by atoms with Crippen molar-refractivity contribution in [3.8, 4) is 0 Å². The Morgan fingerprint density at radius 1 is 1.04 bits per heavy atom. The molecule has 0 aliphatic heterocycles. The maximum Gasteiger partial charge on any atom is 0.242 e. The third kappa shape index (κ3) is 5.02. The van der Waals surface area contributed by atoms with E-state index in [-0.39, 0.29) is 18.4 Å². The largest absolute Gasteiger partial charge is 0.467 e. The highest BCUT2D eigenvalue weighted by Crippen LogP contribution is 2.13. The summed E-state index contributed by atoms with van der Waals surface area (Å²) in [5, 5.41) is 2.67. The molecule has 0 aliphatic carbocycles. The minimum absolute atomic E-state index is 0.0580. The predicted molar refractivity (Wildman–Crippen MR) is 84.1 cm³/mol. The van der Waals surface area contributed by atoms with Gasteiger partial charge in [0, 0.05) is 5.41 Å². The third-order valence-electron chi connectivity index (χ3n) is 3.29. The number of hydrogen-bond donors (Lipinski definition) is 1. The molecule has 6 nitrogen and oxygen atoms in total. The zero-order valence-electron chi connectivity index (χ0n) is 13.7. The smallest absolute Gasteiger partial charge is 0.242 e. The van der Waals surface area contributed by atoms with Crippen molar-refractivity contribution in [1.82, 2.24) is 10.2 Å². The van der Waals surface area contributed by atoms with Crippen molar-refractivity contribution >= 4 is 11.8 Å². The van der Waals surface area contributed by atoms with E-state index in [9.17, 15) is 9.59 Å². The minimum Gasteiger partial charge on any atom is -0.467 e. The maximum absolute atomic E-state index is 12.5. The quantitative estimate of drug-likeness (QED) is 0.888. The van der Waals surface area contributed by atoms with Crippen LogP contribution in [0.2, 0.25) is 0 Å². The van der Waals surface area contributed by atoms with Gasteiger partial charge in [-0.25, -0.2) is 0 Å².